The van der Waals surface area contributed by atoms with Crippen molar-refractivity contribution in [1.29, 1.82) is 0 Å². The van der Waals surface area contributed by atoms with E-state index in [1.54, 1.807) is 18.2 Å². The molecule has 0 fully saturated rings. The van der Waals surface area contributed by atoms with Crippen molar-refractivity contribution in [3.05, 3.63) is 63.7 Å². The zero-order valence-electron chi connectivity index (χ0n) is 11.6. The van der Waals surface area contributed by atoms with Gasteiger partial charge in [-0.2, -0.15) is 0 Å². The monoisotopic (exact) mass is 307 g/mol. The SMILES string of the molecule is COC1(Cl)C=CC(C)=CC1C(=O)c1cccc([N+](=O)[O-])c1. The fourth-order valence-electron chi connectivity index (χ4n) is 2.18. The number of nitro benzene ring substituents is 1. The third kappa shape index (κ3) is 3.04. The second-order valence-corrected chi connectivity index (χ2v) is 5.39. The molecule has 0 bridgehead atoms. The topological polar surface area (TPSA) is 69.4 Å². The molecule has 0 saturated heterocycles. The third-order valence-electron chi connectivity index (χ3n) is 3.36. The number of ketones is 1. The minimum Gasteiger partial charge on any atom is -0.358 e. The molecule has 6 heteroatoms. The number of alkyl halides is 1. The molecule has 0 saturated carbocycles. The molecule has 0 amide bonds. The molecule has 2 unspecified atom stereocenters. The number of hydrogen-bond donors (Lipinski definition) is 0. The van der Waals surface area contributed by atoms with E-state index in [2.05, 4.69) is 0 Å². The summed E-state index contributed by atoms with van der Waals surface area (Å²) in [7, 11) is 1.42. The van der Waals surface area contributed by atoms with Gasteiger partial charge in [0.05, 0.1) is 10.8 Å². The number of nitro groups is 1. The number of hydrogen-bond acceptors (Lipinski definition) is 4. The molecule has 2 atom stereocenters. The van der Waals surface area contributed by atoms with Crippen LogP contribution in [0, 0.1) is 16.0 Å². The van der Waals surface area contributed by atoms with Crippen molar-refractivity contribution in [2.24, 2.45) is 5.92 Å². The highest BCUT2D eigenvalue weighted by molar-refractivity contribution is 6.27. The van der Waals surface area contributed by atoms with Crippen LogP contribution in [0.5, 0.6) is 0 Å². The van der Waals surface area contributed by atoms with Gasteiger partial charge in [0.2, 0.25) is 0 Å². The minimum absolute atomic E-state index is 0.134. The Bertz CT molecular complexity index is 653. The summed E-state index contributed by atoms with van der Waals surface area (Å²) in [6.07, 6.45) is 5.09. The van der Waals surface area contributed by atoms with Crippen LogP contribution in [0.3, 0.4) is 0 Å². The van der Waals surface area contributed by atoms with Crippen LogP contribution in [0.15, 0.2) is 48.1 Å². The smallest absolute Gasteiger partial charge is 0.270 e. The lowest BCUT2D eigenvalue weighted by molar-refractivity contribution is -0.384. The number of methoxy groups -OCH3 is 1. The molecule has 110 valence electrons. The van der Waals surface area contributed by atoms with Gasteiger partial charge >= 0.3 is 0 Å². The summed E-state index contributed by atoms with van der Waals surface area (Å²) in [5.74, 6) is -1.06. The Labute approximate surface area is 127 Å². The van der Waals surface area contributed by atoms with Gasteiger partial charge in [0.25, 0.3) is 5.69 Å². The lowest BCUT2D eigenvalue weighted by atomic mass is 9.86. The van der Waals surface area contributed by atoms with Gasteiger partial charge in [0.1, 0.15) is 0 Å². The van der Waals surface area contributed by atoms with E-state index in [1.165, 1.54) is 31.4 Å². The van der Waals surface area contributed by atoms with E-state index < -0.39 is 15.9 Å². The number of Topliss-reactive ketones (excluding diaryl/α,β-unsaturated/α-hetero) is 1. The lowest BCUT2D eigenvalue weighted by Crippen LogP contribution is -2.38. The van der Waals surface area contributed by atoms with Crippen molar-refractivity contribution in [2.45, 2.75) is 12.0 Å². The standard InChI is InChI=1S/C15H14ClNO4/c1-10-6-7-15(16,21-2)13(8-10)14(18)11-4-3-5-12(9-11)17(19)20/h3-9,13H,1-2H3. The van der Waals surface area contributed by atoms with E-state index in [0.717, 1.165) is 5.57 Å². The van der Waals surface area contributed by atoms with Crippen LogP contribution in [0.1, 0.15) is 17.3 Å². The summed E-state index contributed by atoms with van der Waals surface area (Å²) in [4.78, 5) is 22.9. The van der Waals surface area contributed by atoms with Gasteiger partial charge < -0.3 is 4.74 Å². The van der Waals surface area contributed by atoms with E-state index >= 15 is 0 Å². The normalized spacial score (nSPS) is 24.5. The second-order valence-electron chi connectivity index (χ2n) is 4.80. The number of carbonyl (C=O) groups excluding carboxylic acids is 1. The van der Waals surface area contributed by atoms with Crippen LogP contribution in [0.2, 0.25) is 0 Å². The summed E-state index contributed by atoms with van der Waals surface area (Å²) in [6, 6.07) is 5.59. The average molecular weight is 308 g/mol. The molecule has 0 aromatic heterocycles. The molecule has 2 rings (SSSR count). The molecule has 1 aromatic rings. The summed E-state index contributed by atoms with van der Waals surface area (Å²) in [6.45, 7) is 1.84. The molecule has 0 aliphatic heterocycles. The van der Waals surface area contributed by atoms with Crippen molar-refractivity contribution in [1.82, 2.24) is 0 Å². The predicted octanol–water partition coefficient (Wildman–Crippen LogP) is 3.49. The summed E-state index contributed by atoms with van der Waals surface area (Å²) in [5, 5.41) is 9.53. The van der Waals surface area contributed by atoms with Gasteiger partial charge in [-0.05, 0) is 13.0 Å². The largest absolute Gasteiger partial charge is 0.358 e. The van der Waals surface area contributed by atoms with Crippen molar-refractivity contribution in [3.8, 4) is 0 Å². The van der Waals surface area contributed by atoms with E-state index in [0.29, 0.717) is 0 Å². The van der Waals surface area contributed by atoms with Crippen molar-refractivity contribution in [2.75, 3.05) is 7.11 Å². The number of allylic oxidation sites excluding steroid dienone is 2. The average Bonchev–Trinajstić information content (AvgIpc) is 2.49. The van der Waals surface area contributed by atoms with Crippen LogP contribution < -0.4 is 0 Å². The first-order valence-corrected chi connectivity index (χ1v) is 6.65. The van der Waals surface area contributed by atoms with Crippen molar-refractivity contribution < 1.29 is 14.5 Å². The summed E-state index contributed by atoms with van der Waals surface area (Å²) < 4.78 is 5.24. The fourth-order valence-corrected chi connectivity index (χ4v) is 2.41. The number of halogens is 1. The van der Waals surface area contributed by atoms with E-state index in [9.17, 15) is 14.9 Å². The van der Waals surface area contributed by atoms with Crippen molar-refractivity contribution in [3.63, 3.8) is 0 Å². The maximum absolute atomic E-state index is 12.6. The first-order valence-electron chi connectivity index (χ1n) is 6.28. The maximum Gasteiger partial charge on any atom is 0.270 e. The Morgan fingerprint density at radius 1 is 1.48 bits per heavy atom. The van der Waals surface area contributed by atoms with E-state index in [4.69, 9.17) is 16.3 Å². The first-order chi connectivity index (χ1) is 9.87. The van der Waals surface area contributed by atoms with Crippen molar-refractivity contribution >= 4 is 23.1 Å². The Morgan fingerprint density at radius 3 is 2.81 bits per heavy atom. The van der Waals surface area contributed by atoms with Gasteiger partial charge in [-0.25, -0.2) is 0 Å². The summed E-state index contributed by atoms with van der Waals surface area (Å²) in [5.41, 5.74) is 0.980. The fraction of sp³-hybridized carbons (Fsp3) is 0.267. The number of benzene rings is 1. The zero-order chi connectivity index (χ0) is 15.6. The molecule has 0 N–H and O–H groups in total. The molecule has 21 heavy (non-hydrogen) atoms. The summed E-state index contributed by atoms with van der Waals surface area (Å²) >= 11 is 6.33. The number of carbonyl (C=O) groups is 1. The highest BCUT2D eigenvalue weighted by atomic mass is 35.5. The molecule has 0 heterocycles. The van der Waals surface area contributed by atoms with Gasteiger partial charge in [-0.1, -0.05) is 41.5 Å². The van der Waals surface area contributed by atoms with Crippen LogP contribution >= 0.6 is 11.6 Å². The minimum atomic E-state index is -1.28. The Morgan fingerprint density at radius 2 is 2.19 bits per heavy atom. The molecule has 5 nitrogen and oxygen atoms in total. The van der Waals surface area contributed by atoms with Gasteiger partial charge in [-0.15, -0.1) is 0 Å². The number of non-ortho nitro benzene ring substituents is 1. The van der Waals surface area contributed by atoms with Crippen LogP contribution in [-0.2, 0) is 4.74 Å². The van der Waals surface area contributed by atoms with E-state index in [1.807, 2.05) is 6.92 Å². The second kappa shape index (κ2) is 5.79. The number of nitrogens with zero attached hydrogens (tertiary/aromatic N) is 1. The molecule has 0 spiro atoms. The lowest BCUT2D eigenvalue weighted by Gasteiger charge is -2.31. The molecule has 1 aromatic carbocycles. The highest BCUT2D eigenvalue weighted by Crippen LogP contribution is 2.36. The van der Waals surface area contributed by atoms with Gasteiger partial charge in [0, 0.05) is 24.8 Å². The third-order valence-corrected chi connectivity index (χ3v) is 3.88. The van der Waals surface area contributed by atoms with E-state index in [-0.39, 0.29) is 17.0 Å². The molecule has 1 aliphatic rings. The Balaban J connectivity index is 2.41. The van der Waals surface area contributed by atoms with Gasteiger partial charge in [0.15, 0.2) is 10.8 Å². The molecule has 0 radical (unpaired) electrons. The molecule has 1 aliphatic carbocycles. The Hall–Kier alpha value is -1.98. The quantitative estimate of drug-likeness (QED) is 0.369. The van der Waals surface area contributed by atoms with Crippen LogP contribution in [0.25, 0.3) is 0 Å². The van der Waals surface area contributed by atoms with Crippen LogP contribution in [0.4, 0.5) is 5.69 Å². The molecular weight excluding hydrogens is 294 g/mol. The number of ether oxygens (including phenoxy) is 1. The highest BCUT2D eigenvalue weighted by Gasteiger charge is 2.40. The Kier molecular flexibility index (Phi) is 4.25. The predicted molar refractivity (Wildman–Crippen MR) is 79.4 cm³/mol. The van der Waals surface area contributed by atoms with Crippen LogP contribution in [-0.4, -0.2) is 22.9 Å². The maximum atomic E-state index is 12.6. The molecular formula is C15H14ClNO4. The number of rotatable bonds is 4. The van der Waals surface area contributed by atoms with Gasteiger partial charge in [-0.3, -0.25) is 14.9 Å². The zero-order valence-corrected chi connectivity index (χ0v) is 12.3. The first kappa shape index (κ1) is 15.4.